The van der Waals surface area contributed by atoms with E-state index in [1.54, 1.807) is 45.0 Å². The molecule has 1 rings (SSSR count). The molecule has 0 radical (unpaired) electrons. The largest absolute Gasteiger partial charge is 0.481 e. The van der Waals surface area contributed by atoms with E-state index < -0.39 is 29.7 Å². The molecule has 0 aliphatic rings. The molecule has 1 aromatic carbocycles. The molecule has 134 valence electrons. The van der Waals surface area contributed by atoms with E-state index in [1.165, 1.54) is 0 Å². The maximum absolute atomic E-state index is 11.6. The van der Waals surface area contributed by atoms with E-state index >= 15 is 0 Å². The summed E-state index contributed by atoms with van der Waals surface area (Å²) in [5.41, 5.74) is 6.25. The lowest BCUT2D eigenvalue weighted by molar-refractivity contribution is -0.139. The standard InChI is InChI=1S/C14H20N2O4.C2H4O2/c1-14(2,3)20-13(19)16-11(12(17)18)8-9-4-6-10(15)7-5-9;1-2(3)4/h4-7,11H,8,15H2,1-3H3,(H,16,19)(H,17,18);1H3,(H,3,4). The smallest absolute Gasteiger partial charge is 0.408 e. The summed E-state index contributed by atoms with van der Waals surface area (Å²) in [4.78, 5) is 31.8. The molecule has 0 saturated heterocycles. The quantitative estimate of drug-likeness (QED) is 0.614. The number of hydrogen-bond donors (Lipinski definition) is 4. The summed E-state index contributed by atoms with van der Waals surface area (Å²) < 4.78 is 5.04. The first-order valence-electron chi connectivity index (χ1n) is 7.17. The Hall–Kier alpha value is -2.77. The van der Waals surface area contributed by atoms with E-state index in [0.29, 0.717) is 5.69 Å². The van der Waals surface area contributed by atoms with Crippen molar-refractivity contribution in [1.82, 2.24) is 5.32 Å². The van der Waals surface area contributed by atoms with E-state index in [4.69, 9.17) is 25.5 Å². The zero-order chi connectivity index (χ0) is 18.9. The maximum atomic E-state index is 11.6. The molecule has 0 aromatic heterocycles. The Kier molecular flexibility index (Phi) is 8.30. The lowest BCUT2D eigenvalue weighted by Crippen LogP contribution is -2.44. The van der Waals surface area contributed by atoms with Crippen LogP contribution in [0.3, 0.4) is 0 Å². The summed E-state index contributed by atoms with van der Waals surface area (Å²) in [6, 6.07) is 5.77. The summed E-state index contributed by atoms with van der Waals surface area (Å²) in [5.74, 6) is -1.95. The van der Waals surface area contributed by atoms with E-state index in [2.05, 4.69) is 5.32 Å². The highest BCUT2D eigenvalue weighted by Gasteiger charge is 2.24. The Morgan fingerprint density at radius 2 is 1.62 bits per heavy atom. The molecule has 0 aliphatic carbocycles. The van der Waals surface area contributed by atoms with Gasteiger partial charge in [0.1, 0.15) is 11.6 Å². The average Bonchev–Trinajstić information content (AvgIpc) is 2.37. The van der Waals surface area contributed by atoms with Crippen molar-refractivity contribution < 1.29 is 29.3 Å². The van der Waals surface area contributed by atoms with Gasteiger partial charge in [0.2, 0.25) is 0 Å². The number of anilines is 1. The van der Waals surface area contributed by atoms with Crippen molar-refractivity contribution in [2.75, 3.05) is 5.73 Å². The minimum Gasteiger partial charge on any atom is -0.481 e. The Morgan fingerprint density at radius 3 is 2.00 bits per heavy atom. The molecule has 1 amide bonds. The Bertz CT molecular complexity index is 559. The number of carbonyl (C=O) groups excluding carboxylic acids is 1. The lowest BCUT2D eigenvalue weighted by atomic mass is 10.1. The summed E-state index contributed by atoms with van der Waals surface area (Å²) in [6.45, 7) is 6.22. The first-order valence-corrected chi connectivity index (χ1v) is 7.17. The lowest BCUT2D eigenvalue weighted by Gasteiger charge is -2.22. The third-order valence-corrected chi connectivity index (χ3v) is 2.41. The van der Waals surface area contributed by atoms with Crippen molar-refractivity contribution in [3.63, 3.8) is 0 Å². The second kappa shape index (κ2) is 9.39. The Morgan fingerprint density at radius 1 is 1.17 bits per heavy atom. The second-order valence-electron chi connectivity index (χ2n) is 6.00. The van der Waals surface area contributed by atoms with E-state index in [1.807, 2.05) is 0 Å². The van der Waals surface area contributed by atoms with Crippen molar-refractivity contribution in [3.8, 4) is 0 Å². The molecule has 1 atom stereocenters. The highest BCUT2D eigenvalue weighted by molar-refractivity contribution is 5.80. The second-order valence-corrected chi connectivity index (χ2v) is 6.00. The molecule has 8 heteroatoms. The number of carboxylic acids is 2. The number of aliphatic carboxylic acids is 2. The molecule has 0 fully saturated rings. The van der Waals surface area contributed by atoms with Gasteiger partial charge in [-0.3, -0.25) is 4.79 Å². The van der Waals surface area contributed by atoms with Gasteiger partial charge < -0.3 is 26.0 Å². The van der Waals surface area contributed by atoms with Gasteiger partial charge in [-0.05, 0) is 38.5 Å². The van der Waals surface area contributed by atoms with E-state index in [9.17, 15) is 9.59 Å². The van der Waals surface area contributed by atoms with Crippen molar-refractivity contribution in [2.24, 2.45) is 0 Å². The van der Waals surface area contributed by atoms with Crippen LogP contribution in [0.1, 0.15) is 33.3 Å². The fourth-order valence-corrected chi connectivity index (χ4v) is 1.54. The zero-order valence-corrected chi connectivity index (χ0v) is 14.2. The van der Waals surface area contributed by atoms with Crippen molar-refractivity contribution in [2.45, 2.75) is 45.8 Å². The maximum Gasteiger partial charge on any atom is 0.408 e. The molecule has 0 saturated carbocycles. The van der Waals surface area contributed by atoms with Crippen molar-refractivity contribution in [3.05, 3.63) is 29.8 Å². The molecule has 0 heterocycles. The van der Waals surface area contributed by atoms with Gasteiger partial charge in [0, 0.05) is 19.0 Å². The summed E-state index contributed by atoms with van der Waals surface area (Å²) in [5, 5.41) is 18.9. The topological polar surface area (TPSA) is 139 Å². The van der Waals surface area contributed by atoms with Crippen LogP contribution in [0.15, 0.2) is 24.3 Å². The number of rotatable bonds is 4. The number of ether oxygens (including phenoxy) is 1. The molecular weight excluding hydrogens is 316 g/mol. The van der Waals surface area contributed by atoms with Crippen LogP contribution in [0, 0.1) is 0 Å². The van der Waals surface area contributed by atoms with Crippen LogP contribution in [0.5, 0.6) is 0 Å². The summed E-state index contributed by atoms with van der Waals surface area (Å²) in [7, 11) is 0. The van der Waals surface area contributed by atoms with Crippen molar-refractivity contribution in [1.29, 1.82) is 0 Å². The third-order valence-electron chi connectivity index (χ3n) is 2.41. The fraction of sp³-hybridized carbons (Fsp3) is 0.438. The number of nitrogen functional groups attached to an aromatic ring is 1. The predicted octanol–water partition coefficient (Wildman–Crippen LogP) is 1.88. The monoisotopic (exact) mass is 340 g/mol. The van der Waals surface area contributed by atoms with Crippen LogP contribution >= 0.6 is 0 Å². The van der Waals surface area contributed by atoms with Crippen LogP contribution < -0.4 is 11.1 Å². The molecular formula is C16H24N2O6. The SMILES string of the molecule is CC(=O)O.CC(C)(C)OC(=O)NC(Cc1ccc(N)cc1)C(=O)O. The number of benzene rings is 1. The number of hydrogen-bond acceptors (Lipinski definition) is 5. The van der Waals surface area contributed by atoms with Crippen LogP contribution in [0.2, 0.25) is 0 Å². The Balaban J connectivity index is 0.00000118. The molecule has 1 aromatic rings. The van der Waals surface area contributed by atoms with Gasteiger partial charge in [-0.25, -0.2) is 9.59 Å². The number of carbonyl (C=O) groups is 3. The van der Waals surface area contributed by atoms with Gasteiger partial charge >= 0.3 is 12.1 Å². The van der Waals surface area contributed by atoms with Crippen LogP contribution in [0.4, 0.5) is 10.5 Å². The zero-order valence-electron chi connectivity index (χ0n) is 14.2. The van der Waals surface area contributed by atoms with Gasteiger partial charge in [-0.2, -0.15) is 0 Å². The molecule has 1 unspecified atom stereocenters. The Labute approximate surface area is 140 Å². The summed E-state index contributed by atoms with van der Waals surface area (Å²) in [6.07, 6.45) is -0.588. The van der Waals surface area contributed by atoms with Gasteiger partial charge in [0.15, 0.2) is 0 Å². The molecule has 5 N–H and O–H groups in total. The van der Waals surface area contributed by atoms with Gasteiger partial charge in [-0.15, -0.1) is 0 Å². The van der Waals surface area contributed by atoms with Crippen LogP contribution in [-0.4, -0.2) is 39.9 Å². The summed E-state index contributed by atoms with van der Waals surface area (Å²) >= 11 is 0. The molecule has 0 spiro atoms. The molecule has 8 nitrogen and oxygen atoms in total. The average molecular weight is 340 g/mol. The first-order chi connectivity index (χ1) is 10.9. The number of carboxylic acid groups (broad SMARTS) is 2. The fourth-order valence-electron chi connectivity index (χ4n) is 1.54. The number of nitrogens with one attached hydrogen (secondary N) is 1. The van der Waals surface area contributed by atoms with Crippen LogP contribution in [0.25, 0.3) is 0 Å². The highest BCUT2D eigenvalue weighted by atomic mass is 16.6. The number of nitrogens with two attached hydrogens (primary N) is 1. The third kappa shape index (κ3) is 10.9. The minimum atomic E-state index is -1.12. The molecule has 0 aliphatic heterocycles. The van der Waals surface area contributed by atoms with Crippen LogP contribution in [-0.2, 0) is 20.7 Å². The van der Waals surface area contributed by atoms with Crippen molar-refractivity contribution >= 4 is 23.7 Å². The van der Waals surface area contributed by atoms with Gasteiger partial charge in [0.05, 0.1) is 0 Å². The van der Waals surface area contributed by atoms with Gasteiger partial charge in [0.25, 0.3) is 5.97 Å². The number of alkyl carbamates (subject to hydrolysis) is 1. The highest BCUT2D eigenvalue weighted by Crippen LogP contribution is 2.10. The van der Waals surface area contributed by atoms with Gasteiger partial charge in [-0.1, -0.05) is 12.1 Å². The number of amides is 1. The molecule has 24 heavy (non-hydrogen) atoms. The van der Waals surface area contributed by atoms with E-state index in [-0.39, 0.29) is 6.42 Å². The van der Waals surface area contributed by atoms with E-state index in [0.717, 1.165) is 12.5 Å². The first kappa shape index (κ1) is 21.2. The normalized spacial score (nSPS) is 11.5. The molecule has 0 bridgehead atoms. The minimum absolute atomic E-state index is 0.162. The predicted molar refractivity (Wildman–Crippen MR) is 88.7 cm³/mol.